The summed E-state index contributed by atoms with van der Waals surface area (Å²) >= 11 is 3.56. The van der Waals surface area contributed by atoms with E-state index in [-0.39, 0.29) is 5.97 Å². The normalized spacial score (nSPS) is 10.2. The van der Waals surface area contributed by atoms with Crippen molar-refractivity contribution < 1.29 is 14.3 Å². The van der Waals surface area contributed by atoms with E-state index >= 15 is 0 Å². The van der Waals surface area contributed by atoms with Crippen molar-refractivity contribution in [3.63, 3.8) is 0 Å². The van der Waals surface area contributed by atoms with Crippen molar-refractivity contribution in [3.8, 4) is 5.75 Å². The van der Waals surface area contributed by atoms with Crippen molar-refractivity contribution in [1.82, 2.24) is 0 Å². The maximum atomic E-state index is 11.3. The number of hydrogen-bond donors (Lipinski definition) is 1. The highest BCUT2D eigenvalue weighted by molar-refractivity contribution is 9.10. The van der Waals surface area contributed by atoms with Crippen LogP contribution in [0, 0.1) is 0 Å². The topological polar surface area (TPSA) is 47.6 Å². The second-order valence-corrected chi connectivity index (χ2v) is 5.91. The van der Waals surface area contributed by atoms with Crippen LogP contribution in [0.5, 0.6) is 5.75 Å². The van der Waals surface area contributed by atoms with Gasteiger partial charge >= 0.3 is 5.97 Å². The van der Waals surface area contributed by atoms with Crippen LogP contribution in [-0.4, -0.2) is 20.1 Å². The number of hydrogen-bond acceptors (Lipinski definition) is 4. The quantitative estimate of drug-likeness (QED) is 0.735. The first-order chi connectivity index (χ1) is 11.1. The molecule has 0 fully saturated rings. The molecule has 0 atom stereocenters. The van der Waals surface area contributed by atoms with Crippen molar-refractivity contribution in [3.05, 3.63) is 58.1 Å². The van der Waals surface area contributed by atoms with Gasteiger partial charge in [0.25, 0.3) is 0 Å². The van der Waals surface area contributed by atoms with Crippen LogP contribution in [0.25, 0.3) is 0 Å². The SMILES string of the molecule is CNc1cc(CCC(=O)OC)cc(Br)c1OCc1ccccc1. The Morgan fingerprint density at radius 3 is 2.57 bits per heavy atom. The van der Waals surface area contributed by atoms with Crippen LogP contribution in [0.15, 0.2) is 46.9 Å². The first kappa shape index (κ1) is 17.3. The van der Waals surface area contributed by atoms with Gasteiger partial charge in [0.15, 0.2) is 5.75 Å². The molecule has 5 heteroatoms. The molecule has 0 saturated carbocycles. The lowest BCUT2D eigenvalue weighted by molar-refractivity contribution is -0.140. The highest BCUT2D eigenvalue weighted by atomic mass is 79.9. The lowest BCUT2D eigenvalue weighted by Gasteiger charge is -2.15. The average Bonchev–Trinajstić information content (AvgIpc) is 2.59. The van der Waals surface area contributed by atoms with Crippen molar-refractivity contribution in [2.75, 3.05) is 19.5 Å². The Bertz CT molecular complexity index is 659. The minimum atomic E-state index is -0.212. The Morgan fingerprint density at radius 2 is 1.91 bits per heavy atom. The van der Waals surface area contributed by atoms with Gasteiger partial charge in [0, 0.05) is 13.5 Å². The number of carbonyl (C=O) groups is 1. The van der Waals surface area contributed by atoms with Crippen LogP contribution >= 0.6 is 15.9 Å². The number of rotatable bonds is 7. The van der Waals surface area contributed by atoms with Crippen molar-refractivity contribution in [1.29, 1.82) is 0 Å². The third-order valence-corrected chi connectivity index (χ3v) is 4.03. The van der Waals surface area contributed by atoms with Gasteiger partial charge in [-0.3, -0.25) is 4.79 Å². The van der Waals surface area contributed by atoms with Crippen LogP contribution < -0.4 is 10.1 Å². The van der Waals surface area contributed by atoms with E-state index in [1.807, 2.05) is 49.5 Å². The van der Waals surface area contributed by atoms with E-state index in [9.17, 15) is 4.79 Å². The minimum absolute atomic E-state index is 0.212. The largest absolute Gasteiger partial charge is 0.486 e. The molecule has 0 aromatic heterocycles. The number of nitrogens with one attached hydrogen (secondary N) is 1. The van der Waals surface area contributed by atoms with Gasteiger partial charge in [-0.2, -0.15) is 0 Å². The number of esters is 1. The molecule has 1 N–H and O–H groups in total. The molecule has 0 spiro atoms. The molecule has 0 aliphatic rings. The zero-order chi connectivity index (χ0) is 16.7. The van der Waals surface area contributed by atoms with Crippen LogP contribution in [0.2, 0.25) is 0 Å². The van der Waals surface area contributed by atoms with E-state index in [1.54, 1.807) is 0 Å². The van der Waals surface area contributed by atoms with Gasteiger partial charge in [0.1, 0.15) is 6.61 Å². The van der Waals surface area contributed by atoms with Gasteiger partial charge < -0.3 is 14.8 Å². The molecule has 0 aliphatic carbocycles. The number of anilines is 1. The lowest BCUT2D eigenvalue weighted by Crippen LogP contribution is -2.04. The molecule has 0 unspecified atom stereocenters. The molecule has 2 rings (SSSR count). The van der Waals surface area contributed by atoms with E-state index < -0.39 is 0 Å². The molecule has 0 amide bonds. The Morgan fingerprint density at radius 1 is 1.17 bits per heavy atom. The predicted molar refractivity (Wildman–Crippen MR) is 94.8 cm³/mol. The van der Waals surface area contributed by atoms with Crippen LogP contribution in [-0.2, 0) is 22.6 Å². The summed E-state index contributed by atoms with van der Waals surface area (Å²) in [5, 5.41) is 3.14. The van der Waals surface area contributed by atoms with Crippen molar-refractivity contribution >= 4 is 27.6 Å². The Hall–Kier alpha value is -2.01. The van der Waals surface area contributed by atoms with E-state index in [2.05, 4.69) is 26.0 Å². The van der Waals surface area contributed by atoms with E-state index in [0.717, 1.165) is 27.0 Å². The number of carbonyl (C=O) groups excluding carboxylic acids is 1. The fraction of sp³-hybridized carbons (Fsp3) is 0.278. The average molecular weight is 378 g/mol. The summed E-state index contributed by atoms with van der Waals surface area (Å²) in [6.07, 6.45) is 0.981. The van der Waals surface area contributed by atoms with E-state index in [1.165, 1.54) is 7.11 Å². The molecular weight excluding hydrogens is 358 g/mol. The second-order valence-electron chi connectivity index (χ2n) is 5.05. The number of benzene rings is 2. The monoisotopic (exact) mass is 377 g/mol. The molecule has 0 bridgehead atoms. The molecule has 0 aliphatic heterocycles. The molecule has 2 aromatic rings. The summed E-state index contributed by atoms with van der Waals surface area (Å²) in [7, 11) is 3.25. The summed E-state index contributed by atoms with van der Waals surface area (Å²) in [6, 6.07) is 14.0. The summed E-state index contributed by atoms with van der Waals surface area (Å²) in [6.45, 7) is 0.496. The molecule has 23 heavy (non-hydrogen) atoms. The van der Waals surface area contributed by atoms with Gasteiger partial charge in [0.05, 0.1) is 17.3 Å². The molecule has 0 heterocycles. The fourth-order valence-electron chi connectivity index (χ4n) is 2.20. The van der Waals surface area contributed by atoms with E-state index in [4.69, 9.17) is 4.74 Å². The van der Waals surface area contributed by atoms with Gasteiger partial charge in [-0.15, -0.1) is 0 Å². The number of halogens is 1. The minimum Gasteiger partial charge on any atom is -0.486 e. The van der Waals surface area contributed by atoms with Crippen LogP contribution in [0.4, 0.5) is 5.69 Å². The number of methoxy groups -OCH3 is 1. The summed E-state index contributed by atoms with van der Waals surface area (Å²) < 4.78 is 11.5. The summed E-state index contributed by atoms with van der Waals surface area (Å²) in [5.41, 5.74) is 3.03. The summed E-state index contributed by atoms with van der Waals surface area (Å²) in [4.78, 5) is 11.3. The highest BCUT2D eigenvalue weighted by Crippen LogP contribution is 2.35. The smallest absolute Gasteiger partial charge is 0.305 e. The van der Waals surface area contributed by atoms with Gasteiger partial charge in [-0.25, -0.2) is 0 Å². The zero-order valence-corrected chi connectivity index (χ0v) is 14.9. The van der Waals surface area contributed by atoms with Crippen LogP contribution in [0.1, 0.15) is 17.5 Å². The third kappa shape index (κ3) is 4.99. The molecule has 4 nitrogen and oxygen atoms in total. The van der Waals surface area contributed by atoms with Gasteiger partial charge in [-0.1, -0.05) is 30.3 Å². The lowest BCUT2D eigenvalue weighted by atomic mass is 10.1. The second kappa shape index (κ2) is 8.58. The molecular formula is C18H20BrNO3. The van der Waals surface area contributed by atoms with E-state index in [0.29, 0.717) is 19.4 Å². The first-order valence-electron chi connectivity index (χ1n) is 7.37. The molecule has 0 saturated heterocycles. The van der Waals surface area contributed by atoms with Crippen molar-refractivity contribution in [2.24, 2.45) is 0 Å². The third-order valence-electron chi connectivity index (χ3n) is 3.44. The Labute approximate surface area is 144 Å². The molecule has 2 aromatic carbocycles. The maximum absolute atomic E-state index is 11.3. The summed E-state index contributed by atoms with van der Waals surface area (Å²) in [5.74, 6) is 0.551. The zero-order valence-electron chi connectivity index (χ0n) is 13.3. The maximum Gasteiger partial charge on any atom is 0.305 e. The van der Waals surface area contributed by atoms with Crippen LogP contribution in [0.3, 0.4) is 0 Å². The Kier molecular flexibility index (Phi) is 6.47. The predicted octanol–water partition coefficient (Wildman–Crippen LogP) is 4.18. The Balaban J connectivity index is 2.11. The fourth-order valence-corrected chi connectivity index (χ4v) is 2.83. The first-order valence-corrected chi connectivity index (χ1v) is 8.17. The van der Waals surface area contributed by atoms with Gasteiger partial charge in [0.2, 0.25) is 0 Å². The number of ether oxygens (including phenoxy) is 2. The standard InChI is InChI=1S/C18H20BrNO3/c1-20-16-11-14(8-9-17(21)22-2)10-15(19)18(16)23-12-13-6-4-3-5-7-13/h3-7,10-11,20H,8-9,12H2,1-2H3. The van der Waals surface area contributed by atoms with Crippen molar-refractivity contribution in [2.45, 2.75) is 19.4 Å². The van der Waals surface area contributed by atoms with Gasteiger partial charge in [-0.05, 0) is 45.6 Å². The molecule has 0 radical (unpaired) electrons. The number of aryl methyl sites for hydroxylation is 1. The molecule has 122 valence electrons. The highest BCUT2D eigenvalue weighted by Gasteiger charge is 2.11.